The Labute approximate surface area is 105 Å². The summed E-state index contributed by atoms with van der Waals surface area (Å²) >= 11 is 0. The minimum absolute atomic E-state index is 0.0535. The van der Waals surface area contributed by atoms with Gasteiger partial charge in [0, 0.05) is 12.6 Å². The first kappa shape index (κ1) is 13.8. The van der Waals surface area contributed by atoms with Crippen LogP contribution in [0, 0.1) is 6.92 Å². The average molecular weight is 251 g/mol. The summed E-state index contributed by atoms with van der Waals surface area (Å²) in [5.74, 6) is -0.308. The standard InChI is InChI=1S/C12H17N3O3/c1-7-4-5-9(6-10(7)16)12(17)15(3)8(2)11(13)14-18/h4-6,8,16,18H,1-3H3,(H2,13,14). The number of aryl methyl sites for hydroxylation is 1. The van der Waals surface area contributed by atoms with Gasteiger partial charge in [0.05, 0.1) is 6.04 Å². The predicted molar refractivity (Wildman–Crippen MR) is 67.8 cm³/mol. The molecule has 1 aromatic rings. The van der Waals surface area contributed by atoms with Crippen LogP contribution in [0.25, 0.3) is 0 Å². The minimum Gasteiger partial charge on any atom is -0.508 e. The van der Waals surface area contributed by atoms with Gasteiger partial charge in [0.15, 0.2) is 5.84 Å². The van der Waals surface area contributed by atoms with Crippen LogP contribution < -0.4 is 5.73 Å². The van der Waals surface area contributed by atoms with Gasteiger partial charge in [-0.1, -0.05) is 11.2 Å². The van der Waals surface area contributed by atoms with Gasteiger partial charge in [0.25, 0.3) is 5.91 Å². The van der Waals surface area contributed by atoms with Crippen LogP contribution >= 0.6 is 0 Å². The van der Waals surface area contributed by atoms with Gasteiger partial charge in [-0.2, -0.15) is 0 Å². The number of oxime groups is 1. The Morgan fingerprint density at radius 3 is 2.61 bits per heavy atom. The Kier molecular flexibility index (Phi) is 4.14. The Morgan fingerprint density at radius 2 is 2.11 bits per heavy atom. The van der Waals surface area contributed by atoms with E-state index in [1.807, 2.05) is 0 Å². The summed E-state index contributed by atoms with van der Waals surface area (Å²) in [6, 6.07) is 4.14. The van der Waals surface area contributed by atoms with Gasteiger partial charge in [-0.25, -0.2) is 0 Å². The van der Waals surface area contributed by atoms with Crippen molar-refractivity contribution in [1.82, 2.24) is 4.90 Å². The van der Waals surface area contributed by atoms with Crippen molar-refractivity contribution in [2.24, 2.45) is 10.9 Å². The number of nitrogens with zero attached hydrogens (tertiary/aromatic N) is 2. The molecule has 0 bridgehead atoms. The highest BCUT2D eigenvalue weighted by atomic mass is 16.4. The average Bonchev–Trinajstić information content (AvgIpc) is 2.38. The maximum Gasteiger partial charge on any atom is 0.254 e. The lowest BCUT2D eigenvalue weighted by atomic mass is 10.1. The molecular weight excluding hydrogens is 234 g/mol. The summed E-state index contributed by atoms with van der Waals surface area (Å²) in [6.07, 6.45) is 0. The zero-order chi connectivity index (χ0) is 13.9. The molecule has 0 aliphatic heterocycles. The second-order valence-electron chi connectivity index (χ2n) is 4.12. The fraction of sp³-hybridized carbons (Fsp3) is 0.333. The molecule has 0 fully saturated rings. The van der Waals surface area contributed by atoms with Gasteiger partial charge < -0.3 is 20.9 Å². The SMILES string of the molecule is Cc1ccc(C(=O)N(C)C(C)C(N)=NO)cc1O. The lowest BCUT2D eigenvalue weighted by Gasteiger charge is -2.23. The summed E-state index contributed by atoms with van der Waals surface area (Å²) in [5, 5.41) is 21.0. The second kappa shape index (κ2) is 5.39. The monoisotopic (exact) mass is 251 g/mol. The Bertz CT molecular complexity index is 485. The highest BCUT2D eigenvalue weighted by molar-refractivity contribution is 5.98. The Morgan fingerprint density at radius 1 is 1.50 bits per heavy atom. The number of carbonyl (C=O) groups excluding carboxylic acids is 1. The summed E-state index contributed by atoms with van der Waals surface area (Å²) in [6.45, 7) is 3.38. The molecule has 0 aliphatic rings. The van der Waals surface area contributed by atoms with Crippen molar-refractivity contribution < 1.29 is 15.1 Å². The van der Waals surface area contributed by atoms with E-state index in [4.69, 9.17) is 10.9 Å². The molecule has 6 heteroatoms. The molecule has 0 saturated carbocycles. The molecule has 1 amide bonds. The van der Waals surface area contributed by atoms with Crippen LogP contribution in [0.2, 0.25) is 0 Å². The minimum atomic E-state index is -0.536. The molecule has 1 unspecified atom stereocenters. The number of amides is 1. The van der Waals surface area contributed by atoms with E-state index in [0.717, 1.165) is 0 Å². The maximum atomic E-state index is 12.1. The van der Waals surface area contributed by atoms with Gasteiger partial charge in [0.2, 0.25) is 0 Å². The van der Waals surface area contributed by atoms with Crippen LogP contribution in [-0.4, -0.2) is 40.0 Å². The van der Waals surface area contributed by atoms with E-state index in [1.54, 1.807) is 33.0 Å². The molecule has 6 nitrogen and oxygen atoms in total. The third kappa shape index (κ3) is 2.71. The first-order valence-corrected chi connectivity index (χ1v) is 5.42. The van der Waals surface area contributed by atoms with Crippen molar-refractivity contribution in [1.29, 1.82) is 0 Å². The molecule has 0 saturated heterocycles. The molecular formula is C12H17N3O3. The highest BCUT2D eigenvalue weighted by Crippen LogP contribution is 2.18. The lowest BCUT2D eigenvalue weighted by Crippen LogP contribution is -2.43. The number of carbonyl (C=O) groups is 1. The summed E-state index contributed by atoms with van der Waals surface area (Å²) in [5.41, 5.74) is 6.48. The van der Waals surface area contributed by atoms with E-state index in [-0.39, 0.29) is 17.5 Å². The van der Waals surface area contributed by atoms with E-state index in [9.17, 15) is 9.90 Å². The van der Waals surface area contributed by atoms with Gasteiger partial charge in [0.1, 0.15) is 5.75 Å². The largest absolute Gasteiger partial charge is 0.508 e. The smallest absolute Gasteiger partial charge is 0.254 e. The van der Waals surface area contributed by atoms with Gasteiger partial charge >= 0.3 is 0 Å². The van der Waals surface area contributed by atoms with E-state index >= 15 is 0 Å². The number of aromatic hydroxyl groups is 1. The first-order chi connectivity index (χ1) is 8.38. The number of amidine groups is 1. The lowest BCUT2D eigenvalue weighted by molar-refractivity contribution is 0.0776. The van der Waals surface area contributed by atoms with Crippen molar-refractivity contribution in [3.63, 3.8) is 0 Å². The number of hydrogen-bond acceptors (Lipinski definition) is 4. The molecule has 0 spiro atoms. The normalized spacial score (nSPS) is 13.2. The molecule has 4 N–H and O–H groups in total. The van der Waals surface area contributed by atoms with E-state index in [1.165, 1.54) is 11.0 Å². The van der Waals surface area contributed by atoms with Crippen molar-refractivity contribution in [2.45, 2.75) is 19.9 Å². The maximum absolute atomic E-state index is 12.1. The highest BCUT2D eigenvalue weighted by Gasteiger charge is 2.21. The second-order valence-corrected chi connectivity index (χ2v) is 4.12. The quantitative estimate of drug-likeness (QED) is 0.322. The van der Waals surface area contributed by atoms with Crippen LogP contribution in [-0.2, 0) is 0 Å². The van der Waals surface area contributed by atoms with Crippen molar-refractivity contribution in [3.05, 3.63) is 29.3 Å². The van der Waals surface area contributed by atoms with Crippen molar-refractivity contribution >= 4 is 11.7 Å². The fourth-order valence-corrected chi connectivity index (χ4v) is 1.40. The van der Waals surface area contributed by atoms with Crippen molar-refractivity contribution in [2.75, 3.05) is 7.05 Å². The van der Waals surface area contributed by atoms with Crippen LogP contribution in [0.4, 0.5) is 0 Å². The number of phenolic OH excluding ortho intramolecular Hbond substituents is 1. The number of hydrogen-bond donors (Lipinski definition) is 3. The van der Waals surface area contributed by atoms with Crippen LogP contribution in [0.15, 0.2) is 23.4 Å². The third-order valence-corrected chi connectivity index (χ3v) is 2.90. The van der Waals surface area contributed by atoms with Crippen molar-refractivity contribution in [3.8, 4) is 5.75 Å². The first-order valence-electron chi connectivity index (χ1n) is 5.42. The van der Waals surface area contributed by atoms with E-state index in [0.29, 0.717) is 11.1 Å². The van der Waals surface area contributed by atoms with Gasteiger partial charge in [-0.3, -0.25) is 4.79 Å². The molecule has 1 aromatic carbocycles. The zero-order valence-corrected chi connectivity index (χ0v) is 10.6. The number of likely N-dealkylation sites (N-methyl/N-ethyl adjacent to an activating group) is 1. The molecule has 0 radical (unpaired) electrons. The molecule has 1 rings (SSSR count). The number of rotatable bonds is 3. The summed E-state index contributed by atoms with van der Waals surface area (Å²) in [7, 11) is 1.54. The molecule has 18 heavy (non-hydrogen) atoms. The molecule has 98 valence electrons. The Balaban J connectivity index is 2.96. The third-order valence-electron chi connectivity index (χ3n) is 2.90. The van der Waals surface area contributed by atoms with Gasteiger partial charge in [-0.05, 0) is 31.5 Å². The summed E-state index contributed by atoms with van der Waals surface area (Å²) < 4.78 is 0. The van der Waals surface area contributed by atoms with E-state index in [2.05, 4.69) is 5.16 Å². The number of nitrogens with two attached hydrogens (primary N) is 1. The van der Waals surface area contributed by atoms with Crippen LogP contribution in [0.1, 0.15) is 22.8 Å². The Hall–Kier alpha value is -2.24. The molecule has 0 aromatic heterocycles. The van der Waals surface area contributed by atoms with Gasteiger partial charge in [-0.15, -0.1) is 0 Å². The molecule has 1 atom stereocenters. The summed E-state index contributed by atoms with van der Waals surface area (Å²) in [4.78, 5) is 13.4. The number of phenols is 1. The van der Waals surface area contributed by atoms with Crippen LogP contribution in [0.5, 0.6) is 5.75 Å². The number of benzene rings is 1. The zero-order valence-electron chi connectivity index (χ0n) is 10.6. The topological polar surface area (TPSA) is 99.2 Å². The fourth-order valence-electron chi connectivity index (χ4n) is 1.40. The molecule has 0 aliphatic carbocycles. The van der Waals surface area contributed by atoms with E-state index < -0.39 is 6.04 Å². The predicted octanol–water partition coefficient (Wildman–Crippen LogP) is 0.908. The molecule has 0 heterocycles. The van der Waals surface area contributed by atoms with Crippen LogP contribution in [0.3, 0.4) is 0 Å².